The van der Waals surface area contributed by atoms with Crippen molar-refractivity contribution in [2.24, 2.45) is 0 Å². The molecule has 0 aromatic heterocycles. The standard InChI is InChI=1S/C17H31NO6/c1-16(2,3)23-13(19)11-9-7-8-10-12(14(20)21)18-15(22)24-17(4,5)6/h12H,7-11H2,1-6H3,(H,18,22)(H,20,21). The van der Waals surface area contributed by atoms with Gasteiger partial charge in [-0.05, 0) is 54.4 Å². The van der Waals surface area contributed by atoms with Gasteiger partial charge in [-0.15, -0.1) is 0 Å². The SMILES string of the molecule is CC(C)(C)OC(=O)CCCCCC(NC(=O)OC(C)(C)C)C(=O)O. The fourth-order valence-electron chi connectivity index (χ4n) is 1.89. The van der Waals surface area contributed by atoms with Crippen LogP contribution < -0.4 is 5.32 Å². The lowest BCUT2D eigenvalue weighted by Gasteiger charge is -2.22. The topological polar surface area (TPSA) is 102 Å². The summed E-state index contributed by atoms with van der Waals surface area (Å²) in [7, 11) is 0. The molecule has 7 heteroatoms. The summed E-state index contributed by atoms with van der Waals surface area (Å²) in [6.07, 6.45) is 1.71. The van der Waals surface area contributed by atoms with Crippen molar-refractivity contribution in [3.63, 3.8) is 0 Å². The minimum atomic E-state index is -1.10. The normalized spacial score (nSPS) is 13.1. The van der Waals surface area contributed by atoms with Crippen LogP contribution in [0.15, 0.2) is 0 Å². The number of unbranched alkanes of at least 4 members (excludes halogenated alkanes) is 2. The number of ether oxygens (including phenoxy) is 2. The molecule has 0 spiro atoms. The maximum absolute atomic E-state index is 11.6. The quantitative estimate of drug-likeness (QED) is 0.517. The molecule has 0 bridgehead atoms. The third kappa shape index (κ3) is 12.7. The third-order valence-electron chi connectivity index (χ3n) is 2.78. The van der Waals surface area contributed by atoms with Gasteiger partial charge in [0, 0.05) is 6.42 Å². The number of aliphatic carboxylic acids is 1. The maximum atomic E-state index is 11.6. The van der Waals surface area contributed by atoms with Gasteiger partial charge in [0.1, 0.15) is 17.2 Å². The first-order valence-corrected chi connectivity index (χ1v) is 8.24. The van der Waals surface area contributed by atoms with E-state index in [9.17, 15) is 14.4 Å². The van der Waals surface area contributed by atoms with Gasteiger partial charge in [-0.25, -0.2) is 9.59 Å². The van der Waals surface area contributed by atoms with E-state index in [1.54, 1.807) is 20.8 Å². The molecule has 0 aliphatic carbocycles. The molecular formula is C17H31NO6. The molecule has 0 saturated heterocycles. The number of hydrogen-bond donors (Lipinski definition) is 2. The first-order chi connectivity index (χ1) is 10.8. The lowest BCUT2D eigenvalue weighted by Crippen LogP contribution is -2.43. The molecule has 1 unspecified atom stereocenters. The van der Waals surface area contributed by atoms with Gasteiger partial charge in [0.05, 0.1) is 0 Å². The highest BCUT2D eigenvalue weighted by molar-refractivity contribution is 5.79. The zero-order chi connectivity index (χ0) is 19.0. The van der Waals surface area contributed by atoms with E-state index < -0.39 is 29.3 Å². The van der Waals surface area contributed by atoms with Crippen LogP contribution >= 0.6 is 0 Å². The number of amides is 1. The van der Waals surface area contributed by atoms with Gasteiger partial charge in [-0.3, -0.25) is 4.79 Å². The van der Waals surface area contributed by atoms with E-state index in [0.29, 0.717) is 25.7 Å². The van der Waals surface area contributed by atoms with E-state index in [1.165, 1.54) is 0 Å². The number of hydrogen-bond acceptors (Lipinski definition) is 5. The summed E-state index contributed by atoms with van der Waals surface area (Å²) in [4.78, 5) is 34.4. The van der Waals surface area contributed by atoms with Crippen molar-refractivity contribution < 1.29 is 29.0 Å². The van der Waals surface area contributed by atoms with Crippen LogP contribution in [0.4, 0.5) is 4.79 Å². The Morgan fingerprint density at radius 2 is 1.46 bits per heavy atom. The van der Waals surface area contributed by atoms with Crippen LogP contribution in [0.3, 0.4) is 0 Å². The van der Waals surface area contributed by atoms with Crippen molar-refractivity contribution in [3.8, 4) is 0 Å². The predicted molar refractivity (Wildman–Crippen MR) is 89.7 cm³/mol. The smallest absolute Gasteiger partial charge is 0.408 e. The van der Waals surface area contributed by atoms with Crippen LogP contribution in [0.1, 0.15) is 73.6 Å². The molecule has 1 amide bonds. The summed E-state index contributed by atoms with van der Waals surface area (Å²) in [6, 6.07) is -0.999. The molecule has 0 aromatic carbocycles. The summed E-state index contributed by atoms with van der Waals surface area (Å²) in [5.41, 5.74) is -1.18. The highest BCUT2D eigenvalue weighted by Gasteiger charge is 2.23. The molecule has 0 rings (SSSR count). The van der Waals surface area contributed by atoms with Crippen molar-refractivity contribution in [2.45, 2.75) is 90.9 Å². The number of carboxylic acids is 1. The zero-order valence-electron chi connectivity index (χ0n) is 15.6. The number of alkyl carbamates (subject to hydrolysis) is 1. The number of carboxylic acid groups (broad SMARTS) is 1. The Morgan fingerprint density at radius 1 is 0.917 bits per heavy atom. The molecule has 0 aromatic rings. The Bertz CT molecular complexity index is 433. The molecule has 0 aliphatic rings. The van der Waals surface area contributed by atoms with Gasteiger partial charge in [-0.1, -0.05) is 12.8 Å². The van der Waals surface area contributed by atoms with Crippen LogP contribution in [0.2, 0.25) is 0 Å². The largest absolute Gasteiger partial charge is 0.480 e. The fraction of sp³-hybridized carbons (Fsp3) is 0.824. The highest BCUT2D eigenvalue weighted by Crippen LogP contribution is 2.12. The number of carbonyl (C=O) groups is 3. The molecule has 24 heavy (non-hydrogen) atoms. The molecule has 7 nitrogen and oxygen atoms in total. The van der Waals surface area contributed by atoms with Crippen molar-refractivity contribution >= 4 is 18.0 Å². The van der Waals surface area contributed by atoms with Crippen LogP contribution in [0, 0.1) is 0 Å². The molecule has 140 valence electrons. The van der Waals surface area contributed by atoms with Gasteiger partial charge in [-0.2, -0.15) is 0 Å². The predicted octanol–water partition coefficient (Wildman–Crippen LogP) is 3.26. The second-order valence-corrected chi connectivity index (χ2v) is 7.72. The molecule has 0 fully saturated rings. The van der Waals surface area contributed by atoms with Crippen LogP contribution in [0.5, 0.6) is 0 Å². The van der Waals surface area contributed by atoms with E-state index in [2.05, 4.69) is 5.32 Å². The average Bonchev–Trinajstić information content (AvgIpc) is 2.32. The minimum Gasteiger partial charge on any atom is -0.480 e. The molecule has 2 N–H and O–H groups in total. The summed E-state index contributed by atoms with van der Waals surface area (Å²) in [5, 5.41) is 11.5. The molecule has 0 heterocycles. The fourth-order valence-corrected chi connectivity index (χ4v) is 1.89. The van der Waals surface area contributed by atoms with E-state index in [1.807, 2.05) is 20.8 Å². The van der Waals surface area contributed by atoms with Crippen LogP contribution in [0.25, 0.3) is 0 Å². The van der Waals surface area contributed by atoms with Gasteiger partial charge >= 0.3 is 18.0 Å². The number of carbonyl (C=O) groups excluding carboxylic acids is 2. The van der Waals surface area contributed by atoms with Crippen molar-refractivity contribution in [3.05, 3.63) is 0 Å². The second-order valence-electron chi connectivity index (χ2n) is 7.72. The lowest BCUT2D eigenvalue weighted by atomic mass is 10.1. The minimum absolute atomic E-state index is 0.260. The van der Waals surface area contributed by atoms with Crippen molar-refractivity contribution in [1.82, 2.24) is 5.32 Å². The average molecular weight is 345 g/mol. The molecule has 1 atom stereocenters. The first-order valence-electron chi connectivity index (χ1n) is 8.24. The number of nitrogens with one attached hydrogen (secondary N) is 1. The first kappa shape index (κ1) is 22.2. The molecular weight excluding hydrogens is 314 g/mol. The van der Waals surface area contributed by atoms with Gasteiger partial charge in [0.2, 0.25) is 0 Å². The second kappa shape index (κ2) is 9.49. The van der Waals surface area contributed by atoms with Crippen LogP contribution in [-0.4, -0.2) is 40.4 Å². The monoisotopic (exact) mass is 345 g/mol. The Kier molecular flexibility index (Phi) is 8.78. The number of esters is 1. The lowest BCUT2D eigenvalue weighted by molar-refractivity contribution is -0.155. The maximum Gasteiger partial charge on any atom is 0.408 e. The molecule has 0 radical (unpaired) electrons. The van der Waals surface area contributed by atoms with Gasteiger partial charge in [0.25, 0.3) is 0 Å². The summed E-state index contributed by atoms with van der Waals surface area (Å²) in [5.74, 6) is -1.36. The zero-order valence-corrected chi connectivity index (χ0v) is 15.6. The Morgan fingerprint density at radius 3 is 1.92 bits per heavy atom. The van der Waals surface area contributed by atoms with E-state index >= 15 is 0 Å². The number of rotatable bonds is 8. The summed E-state index contributed by atoms with van der Waals surface area (Å²) < 4.78 is 10.2. The third-order valence-corrected chi connectivity index (χ3v) is 2.78. The van der Waals surface area contributed by atoms with Crippen molar-refractivity contribution in [2.75, 3.05) is 0 Å². The Labute approximate surface area is 144 Å². The van der Waals surface area contributed by atoms with E-state index in [0.717, 1.165) is 0 Å². The molecule has 0 aliphatic heterocycles. The van der Waals surface area contributed by atoms with Gasteiger partial charge in [0.15, 0.2) is 0 Å². The summed E-state index contributed by atoms with van der Waals surface area (Å²) >= 11 is 0. The van der Waals surface area contributed by atoms with Crippen molar-refractivity contribution in [1.29, 1.82) is 0 Å². The van der Waals surface area contributed by atoms with Gasteiger partial charge < -0.3 is 19.9 Å². The van der Waals surface area contributed by atoms with E-state index in [4.69, 9.17) is 14.6 Å². The Balaban J connectivity index is 4.09. The highest BCUT2D eigenvalue weighted by atomic mass is 16.6. The van der Waals surface area contributed by atoms with Crippen LogP contribution in [-0.2, 0) is 19.1 Å². The molecule has 0 saturated carbocycles. The summed E-state index contributed by atoms with van der Waals surface area (Å²) in [6.45, 7) is 10.6. The Hall–Kier alpha value is -1.79. The van der Waals surface area contributed by atoms with E-state index in [-0.39, 0.29) is 12.4 Å².